The lowest BCUT2D eigenvalue weighted by Crippen LogP contribution is -2.23. The monoisotopic (exact) mass is 291 g/mol. The molecule has 0 saturated carbocycles. The van der Waals surface area contributed by atoms with E-state index >= 15 is 0 Å². The second-order valence-electron chi connectivity index (χ2n) is 4.30. The van der Waals surface area contributed by atoms with Crippen molar-refractivity contribution >= 4 is 11.6 Å². The average molecular weight is 291 g/mol. The topological polar surface area (TPSA) is 59.6 Å². The molecule has 0 unspecified atom stereocenters. The van der Waals surface area contributed by atoms with Crippen molar-refractivity contribution in [3.63, 3.8) is 0 Å². The summed E-state index contributed by atoms with van der Waals surface area (Å²) in [7, 11) is 1.59. The van der Waals surface area contributed by atoms with Crippen LogP contribution >= 0.6 is 0 Å². The smallest absolute Gasteiger partial charge is 0.193 e. The third-order valence-corrected chi connectivity index (χ3v) is 2.78. The Morgan fingerprint density at radius 3 is 2.52 bits per heavy atom. The third kappa shape index (κ3) is 4.17. The number of nitrogens with zero attached hydrogens (tertiary/aromatic N) is 1. The van der Waals surface area contributed by atoms with Crippen molar-refractivity contribution in [1.82, 2.24) is 0 Å². The van der Waals surface area contributed by atoms with E-state index < -0.39 is 11.6 Å². The first kappa shape index (κ1) is 14.8. The molecule has 0 spiro atoms. The molecular weight excluding hydrogens is 276 g/mol. The number of hydrogen-bond acceptors (Lipinski definition) is 2. The predicted molar refractivity (Wildman–Crippen MR) is 78.3 cm³/mol. The van der Waals surface area contributed by atoms with E-state index in [1.807, 2.05) is 24.3 Å². The van der Waals surface area contributed by atoms with E-state index in [1.54, 1.807) is 7.11 Å². The number of benzene rings is 2. The van der Waals surface area contributed by atoms with E-state index in [0.717, 1.165) is 23.4 Å². The van der Waals surface area contributed by atoms with Gasteiger partial charge in [-0.2, -0.15) is 0 Å². The van der Waals surface area contributed by atoms with Crippen LogP contribution in [0.25, 0.3) is 0 Å². The van der Waals surface area contributed by atoms with E-state index in [9.17, 15) is 8.78 Å². The highest BCUT2D eigenvalue weighted by molar-refractivity contribution is 5.92. The number of methoxy groups -OCH3 is 1. The van der Waals surface area contributed by atoms with Gasteiger partial charge in [0.1, 0.15) is 17.4 Å². The summed E-state index contributed by atoms with van der Waals surface area (Å²) in [6.45, 7) is 0.339. The Kier molecular flexibility index (Phi) is 4.71. The fourth-order valence-corrected chi connectivity index (χ4v) is 1.68. The number of halogens is 2. The number of aliphatic imine (C=N–C) groups is 1. The summed E-state index contributed by atoms with van der Waals surface area (Å²) < 4.78 is 31.3. The second kappa shape index (κ2) is 6.69. The predicted octanol–water partition coefficient (Wildman–Crippen LogP) is 2.90. The molecule has 6 heteroatoms. The van der Waals surface area contributed by atoms with Crippen LogP contribution in [0.5, 0.6) is 5.75 Å². The summed E-state index contributed by atoms with van der Waals surface area (Å²) in [6, 6.07) is 10.5. The van der Waals surface area contributed by atoms with Crippen LogP contribution in [0.3, 0.4) is 0 Å². The Morgan fingerprint density at radius 1 is 1.19 bits per heavy atom. The van der Waals surface area contributed by atoms with Gasteiger partial charge in [0, 0.05) is 6.07 Å². The molecule has 0 heterocycles. The van der Waals surface area contributed by atoms with Gasteiger partial charge in [-0.3, -0.25) is 0 Å². The van der Waals surface area contributed by atoms with Crippen molar-refractivity contribution in [2.75, 3.05) is 12.4 Å². The van der Waals surface area contributed by atoms with Crippen LogP contribution in [-0.4, -0.2) is 13.1 Å². The van der Waals surface area contributed by atoms with Crippen LogP contribution in [0, 0.1) is 11.6 Å². The summed E-state index contributed by atoms with van der Waals surface area (Å²) in [5, 5.41) is 2.59. The van der Waals surface area contributed by atoms with Gasteiger partial charge in [-0.1, -0.05) is 12.1 Å². The summed E-state index contributed by atoms with van der Waals surface area (Å²) in [6.07, 6.45) is 0. The molecule has 3 N–H and O–H groups in total. The van der Waals surface area contributed by atoms with Gasteiger partial charge < -0.3 is 15.8 Å². The number of guanidine groups is 1. The molecule has 0 aliphatic rings. The maximum absolute atomic E-state index is 13.4. The molecule has 0 aliphatic heterocycles. The molecule has 0 fully saturated rings. The fraction of sp³-hybridized carbons (Fsp3) is 0.133. The quantitative estimate of drug-likeness (QED) is 0.672. The number of anilines is 1. The maximum Gasteiger partial charge on any atom is 0.193 e. The second-order valence-corrected chi connectivity index (χ2v) is 4.30. The van der Waals surface area contributed by atoms with Gasteiger partial charge in [-0.15, -0.1) is 0 Å². The summed E-state index contributed by atoms with van der Waals surface area (Å²) >= 11 is 0. The zero-order chi connectivity index (χ0) is 15.2. The van der Waals surface area contributed by atoms with Crippen LogP contribution in [0.1, 0.15) is 5.56 Å². The fourth-order valence-electron chi connectivity index (χ4n) is 1.68. The number of nitrogens with two attached hydrogens (primary N) is 1. The molecule has 0 aromatic heterocycles. The maximum atomic E-state index is 13.4. The van der Waals surface area contributed by atoms with Gasteiger partial charge in [-0.25, -0.2) is 13.8 Å². The van der Waals surface area contributed by atoms with Gasteiger partial charge in [0.05, 0.1) is 19.3 Å². The highest BCUT2D eigenvalue weighted by atomic mass is 19.1. The first-order valence-electron chi connectivity index (χ1n) is 6.23. The third-order valence-electron chi connectivity index (χ3n) is 2.78. The molecule has 0 aliphatic carbocycles. The van der Waals surface area contributed by atoms with Gasteiger partial charge in [-0.05, 0) is 29.8 Å². The molecule has 0 amide bonds. The minimum absolute atomic E-state index is 0.0522. The van der Waals surface area contributed by atoms with Crippen LogP contribution in [0.2, 0.25) is 0 Å². The highest BCUT2D eigenvalue weighted by Crippen LogP contribution is 2.15. The molecule has 2 aromatic rings. The molecule has 110 valence electrons. The Labute approximate surface area is 121 Å². The number of rotatable bonds is 4. The van der Waals surface area contributed by atoms with E-state index in [4.69, 9.17) is 10.5 Å². The van der Waals surface area contributed by atoms with Crippen LogP contribution in [0.4, 0.5) is 14.5 Å². The molecule has 0 bridgehead atoms. The van der Waals surface area contributed by atoms with Crippen molar-refractivity contribution in [1.29, 1.82) is 0 Å². The number of nitrogens with one attached hydrogen (secondary N) is 1. The van der Waals surface area contributed by atoms with E-state index in [-0.39, 0.29) is 11.6 Å². The molecule has 0 radical (unpaired) electrons. The molecule has 4 nitrogen and oxygen atoms in total. The van der Waals surface area contributed by atoms with Crippen molar-refractivity contribution < 1.29 is 13.5 Å². The highest BCUT2D eigenvalue weighted by Gasteiger charge is 2.04. The molecular formula is C15H15F2N3O. The van der Waals surface area contributed by atoms with Crippen molar-refractivity contribution in [3.8, 4) is 5.75 Å². The van der Waals surface area contributed by atoms with Crippen molar-refractivity contribution in [2.24, 2.45) is 10.7 Å². The van der Waals surface area contributed by atoms with Gasteiger partial charge in [0.2, 0.25) is 0 Å². The van der Waals surface area contributed by atoms with E-state index in [2.05, 4.69) is 10.3 Å². The first-order valence-corrected chi connectivity index (χ1v) is 6.23. The Hall–Kier alpha value is -2.63. The van der Waals surface area contributed by atoms with Crippen molar-refractivity contribution in [3.05, 3.63) is 59.7 Å². The van der Waals surface area contributed by atoms with E-state index in [1.165, 1.54) is 6.07 Å². The summed E-state index contributed by atoms with van der Waals surface area (Å²) in [5.41, 5.74) is 6.68. The minimum Gasteiger partial charge on any atom is -0.497 e. The molecule has 2 rings (SSSR count). The van der Waals surface area contributed by atoms with Gasteiger partial charge in [0.15, 0.2) is 5.96 Å². The number of ether oxygens (including phenoxy) is 1. The minimum atomic E-state index is -0.724. The SMILES string of the molecule is COc1ccc(CN=C(N)Nc2ccc(F)cc2F)cc1. The largest absolute Gasteiger partial charge is 0.497 e. The van der Waals surface area contributed by atoms with Gasteiger partial charge in [0.25, 0.3) is 0 Å². The molecule has 0 saturated heterocycles. The Bertz CT molecular complexity index is 642. The average Bonchev–Trinajstić information content (AvgIpc) is 2.48. The van der Waals surface area contributed by atoms with Crippen LogP contribution in [0.15, 0.2) is 47.5 Å². The van der Waals surface area contributed by atoms with Crippen LogP contribution < -0.4 is 15.8 Å². The Balaban J connectivity index is 2.00. The lowest BCUT2D eigenvalue weighted by Gasteiger charge is -2.07. The van der Waals surface area contributed by atoms with Gasteiger partial charge >= 0.3 is 0 Å². The standard InChI is InChI=1S/C15H15F2N3O/c1-21-12-5-2-10(3-6-12)9-19-15(18)20-14-7-4-11(16)8-13(14)17/h2-8H,9H2,1H3,(H3,18,19,20). The van der Waals surface area contributed by atoms with Crippen molar-refractivity contribution in [2.45, 2.75) is 6.54 Å². The number of hydrogen-bond donors (Lipinski definition) is 2. The lowest BCUT2D eigenvalue weighted by molar-refractivity contribution is 0.414. The van der Waals surface area contributed by atoms with E-state index in [0.29, 0.717) is 6.54 Å². The molecule has 21 heavy (non-hydrogen) atoms. The lowest BCUT2D eigenvalue weighted by atomic mass is 10.2. The first-order chi connectivity index (χ1) is 10.1. The zero-order valence-electron chi connectivity index (χ0n) is 11.4. The molecule has 0 atom stereocenters. The van der Waals surface area contributed by atoms with Crippen LogP contribution in [-0.2, 0) is 6.54 Å². The summed E-state index contributed by atoms with van der Waals surface area (Å²) in [4.78, 5) is 4.09. The molecule has 2 aromatic carbocycles. The Morgan fingerprint density at radius 2 is 1.90 bits per heavy atom. The normalized spacial score (nSPS) is 11.3. The zero-order valence-corrected chi connectivity index (χ0v) is 11.4. The summed E-state index contributed by atoms with van der Waals surface area (Å²) in [5.74, 6) is -0.567.